The van der Waals surface area contributed by atoms with Crippen LogP contribution in [-0.4, -0.2) is 37.6 Å². The van der Waals surface area contributed by atoms with E-state index in [0.29, 0.717) is 0 Å². The SMILES string of the molecule is CN1CCCC1CCNCC1=CC[CH]C=C1. The number of nitrogens with zero attached hydrogens (tertiary/aromatic N) is 1. The lowest BCUT2D eigenvalue weighted by atomic mass is 10.1. The van der Waals surface area contributed by atoms with Crippen molar-refractivity contribution in [3.63, 3.8) is 0 Å². The lowest BCUT2D eigenvalue weighted by Crippen LogP contribution is -2.29. The third-order valence-electron chi connectivity index (χ3n) is 3.62. The maximum absolute atomic E-state index is 3.54. The van der Waals surface area contributed by atoms with Gasteiger partial charge in [-0.2, -0.15) is 0 Å². The Morgan fingerprint density at radius 2 is 2.44 bits per heavy atom. The molecule has 1 fully saturated rings. The second kappa shape index (κ2) is 6.21. The summed E-state index contributed by atoms with van der Waals surface area (Å²) in [6.45, 7) is 3.46. The van der Waals surface area contributed by atoms with E-state index in [9.17, 15) is 0 Å². The molecule has 1 N–H and O–H groups in total. The number of likely N-dealkylation sites (tertiary alicyclic amines) is 1. The van der Waals surface area contributed by atoms with E-state index in [0.717, 1.165) is 25.6 Å². The van der Waals surface area contributed by atoms with Gasteiger partial charge in [0.2, 0.25) is 0 Å². The third kappa shape index (κ3) is 3.46. The summed E-state index contributed by atoms with van der Waals surface area (Å²) in [5.41, 5.74) is 1.43. The van der Waals surface area contributed by atoms with Gasteiger partial charge in [0.1, 0.15) is 0 Å². The zero-order valence-electron chi connectivity index (χ0n) is 10.3. The van der Waals surface area contributed by atoms with Crippen LogP contribution in [-0.2, 0) is 0 Å². The third-order valence-corrected chi connectivity index (χ3v) is 3.62. The average molecular weight is 219 g/mol. The van der Waals surface area contributed by atoms with Crippen LogP contribution in [0, 0.1) is 6.42 Å². The molecule has 0 aromatic heterocycles. The molecule has 0 amide bonds. The van der Waals surface area contributed by atoms with Gasteiger partial charge < -0.3 is 10.2 Å². The Balaban J connectivity index is 1.58. The van der Waals surface area contributed by atoms with Crippen LogP contribution in [0.3, 0.4) is 0 Å². The molecule has 16 heavy (non-hydrogen) atoms. The molecule has 1 aliphatic heterocycles. The minimum atomic E-state index is 0.816. The molecule has 2 nitrogen and oxygen atoms in total. The molecule has 0 aromatic carbocycles. The van der Waals surface area contributed by atoms with Crippen LogP contribution >= 0.6 is 0 Å². The largest absolute Gasteiger partial charge is 0.313 e. The molecule has 1 aliphatic carbocycles. The maximum atomic E-state index is 3.54. The first-order valence-electron chi connectivity index (χ1n) is 6.46. The fraction of sp³-hybridized carbons (Fsp3) is 0.643. The molecule has 1 heterocycles. The van der Waals surface area contributed by atoms with Gasteiger partial charge in [0.05, 0.1) is 0 Å². The van der Waals surface area contributed by atoms with E-state index in [4.69, 9.17) is 0 Å². The highest BCUT2D eigenvalue weighted by Gasteiger charge is 2.19. The minimum Gasteiger partial charge on any atom is -0.313 e. The molecule has 1 radical (unpaired) electrons. The molecule has 0 aromatic rings. The van der Waals surface area contributed by atoms with Gasteiger partial charge in [0, 0.05) is 12.6 Å². The Kier molecular flexibility index (Phi) is 4.61. The molecular formula is C14H23N2. The van der Waals surface area contributed by atoms with E-state index >= 15 is 0 Å². The van der Waals surface area contributed by atoms with Crippen molar-refractivity contribution in [1.29, 1.82) is 0 Å². The van der Waals surface area contributed by atoms with Gasteiger partial charge in [-0.05, 0) is 57.8 Å². The highest BCUT2D eigenvalue weighted by Crippen LogP contribution is 2.17. The van der Waals surface area contributed by atoms with E-state index in [-0.39, 0.29) is 0 Å². The molecule has 1 unspecified atom stereocenters. The van der Waals surface area contributed by atoms with Gasteiger partial charge in [-0.3, -0.25) is 0 Å². The fourth-order valence-corrected chi connectivity index (χ4v) is 2.53. The molecular weight excluding hydrogens is 196 g/mol. The summed E-state index contributed by atoms with van der Waals surface area (Å²) in [5.74, 6) is 0. The van der Waals surface area contributed by atoms with Gasteiger partial charge >= 0.3 is 0 Å². The Bertz CT molecular complexity index is 268. The van der Waals surface area contributed by atoms with Crippen molar-refractivity contribution in [1.82, 2.24) is 10.2 Å². The summed E-state index contributed by atoms with van der Waals surface area (Å²) in [6.07, 6.45) is 14.0. The molecule has 2 heteroatoms. The lowest BCUT2D eigenvalue weighted by molar-refractivity contribution is 0.294. The maximum Gasteiger partial charge on any atom is 0.0202 e. The zero-order chi connectivity index (χ0) is 11.2. The number of allylic oxidation sites excluding steroid dienone is 2. The van der Waals surface area contributed by atoms with Crippen molar-refractivity contribution in [3.8, 4) is 0 Å². The summed E-state index contributed by atoms with van der Waals surface area (Å²) < 4.78 is 0. The number of nitrogens with one attached hydrogen (secondary N) is 1. The number of rotatable bonds is 5. The monoisotopic (exact) mass is 219 g/mol. The van der Waals surface area contributed by atoms with E-state index in [1.54, 1.807) is 0 Å². The van der Waals surface area contributed by atoms with Crippen LogP contribution < -0.4 is 5.32 Å². The van der Waals surface area contributed by atoms with Crippen molar-refractivity contribution < 1.29 is 0 Å². The van der Waals surface area contributed by atoms with E-state index in [2.05, 4.69) is 41.9 Å². The van der Waals surface area contributed by atoms with E-state index in [1.807, 2.05) is 0 Å². The predicted molar refractivity (Wildman–Crippen MR) is 69.3 cm³/mol. The molecule has 89 valence electrons. The van der Waals surface area contributed by atoms with Gasteiger partial charge in [-0.15, -0.1) is 0 Å². The summed E-state index contributed by atoms with van der Waals surface area (Å²) in [7, 11) is 2.25. The highest BCUT2D eigenvalue weighted by atomic mass is 15.1. The van der Waals surface area contributed by atoms with Crippen molar-refractivity contribution in [2.45, 2.75) is 31.7 Å². The Hall–Kier alpha value is -0.600. The summed E-state index contributed by atoms with van der Waals surface area (Å²) >= 11 is 0. The first-order chi connectivity index (χ1) is 7.86. The van der Waals surface area contributed by atoms with Crippen molar-refractivity contribution in [2.24, 2.45) is 0 Å². The van der Waals surface area contributed by atoms with Crippen molar-refractivity contribution in [3.05, 3.63) is 30.2 Å². The fourth-order valence-electron chi connectivity index (χ4n) is 2.53. The van der Waals surface area contributed by atoms with Crippen LogP contribution in [0.5, 0.6) is 0 Å². The Labute approximate surface area is 99.4 Å². The van der Waals surface area contributed by atoms with E-state index in [1.165, 1.54) is 31.4 Å². The molecule has 2 rings (SSSR count). The molecule has 2 aliphatic rings. The van der Waals surface area contributed by atoms with Crippen LogP contribution in [0.2, 0.25) is 0 Å². The van der Waals surface area contributed by atoms with Gasteiger partial charge in [-0.1, -0.05) is 18.2 Å². The summed E-state index contributed by atoms with van der Waals surface area (Å²) in [4.78, 5) is 2.50. The summed E-state index contributed by atoms with van der Waals surface area (Å²) in [5, 5.41) is 3.54. The number of hydrogen-bond donors (Lipinski definition) is 1. The first-order valence-corrected chi connectivity index (χ1v) is 6.46. The zero-order valence-corrected chi connectivity index (χ0v) is 10.3. The lowest BCUT2D eigenvalue weighted by Gasteiger charge is -2.19. The highest BCUT2D eigenvalue weighted by molar-refractivity contribution is 5.27. The summed E-state index contributed by atoms with van der Waals surface area (Å²) in [6, 6.07) is 0.816. The molecule has 0 spiro atoms. The quantitative estimate of drug-likeness (QED) is 0.713. The Morgan fingerprint density at radius 3 is 3.12 bits per heavy atom. The van der Waals surface area contributed by atoms with Crippen LogP contribution in [0.4, 0.5) is 0 Å². The predicted octanol–water partition coefficient (Wildman–Crippen LogP) is 2.15. The first kappa shape index (κ1) is 11.9. The number of hydrogen-bond acceptors (Lipinski definition) is 2. The van der Waals surface area contributed by atoms with Crippen LogP contribution in [0.15, 0.2) is 23.8 Å². The second-order valence-corrected chi connectivity index (χ2v) is 4.85. The minimum absolute atomic E-state index is 0.816. The average Bonchev–Trinajstić information content (AvgIpc) is 2.72. The molecule has 0 bridgehead atoms. The molecule has 1 saturated heterocycles. The van der Waals surface area contributed by atoms with E-state index < -0.39 is 0 Å². The van der Waals surface area contributed by atoms with Crippen LogP contribution in [0.25, 0.3) is 0 Å². The molecule has 0 saturated carbocycles. The normalized spacial score (nSPS) is 26.1. The Morgan fingerprint density at radius 1 is 1.50 bits per heavy atom. The van der Waals surface area contributed by atoms with Gasteiger partial charge in [0.25, 0.3) is 0 Å². The standard InChI is InChI=1S/C14H23N2/c1-16-11-5-8-14(16)9-10-15-12-13-6-3-2-4-7-13/h2-3,6-7,14-15H,4-5,8-12H2,1H3. The van der Waals surface area contributed by atoms with Crippen molar-refractivity contribution in [2.75, 3.05) is 26.7 Å². The van der Waals surface area contributed by atoms with Gasteiger partial charge in [-0.25, -0.2) is 0 Å². The smallest absolute Gasteiger partial charge is 0.0202 e. The van der Waals surface area contributed by atoms with Gasteiger partial charge in [0.15, 0.2) is 0 Å². The second-order valence-electron chi connectivity index (χ2n) is 4.85. The van der Waals surface area contributed by atoms with Crippen LogP contribution in [0.1, 0.15) is 25.7 Å². The molecule has 1 atom stereocenters. The topological polar surface area (TPSA) is 15.3 Å². The van der Waals surface area contributed by atoms with Crippen molar-refractivity contribution >= 4 is 0 Å².